The summed E-state index contributed by atoms with van der Waals surface area (Å²) in [7, 11) is 0. The normalized spacial score (nSPS) is 26.6. The Morgan fingerprint density at radius 3 is 2.93 bits per heavy atom. The third-order valence-corrected chi connectivity index (χ3v) is 2.94. The first-order chi connectivity index (χ1) is 6.69. The number of piperidine rings is 1. The summed E-state index contributed by atoms with van der Waals surface area (Å²) in [4.78, 5) is 13.3. The molecule has 0 aliphatic carbocycles. The van der Waals surface area contributed by atoms with E-state index in [0.717, 1.165) is 19.5 Å². The van der Waals surface area contributed by atoms with Crippen molar-refractivity contribution in [1.29, 1.82) is 0 Å². The molecular formula is C11H18N2O. The second kappa shape index (κ2) is 5.02. The highest BCUT2D eigenvalue weighted by atomic mass is 16.2. The van der Waals surface area contributed by atoms with Crippen molar-refractivity contribution in [3.8, 4) is 11.8 Å². The lowest BCUT2D eigenvalue weighted by molar-refractivity contribution is -0.127. The molecule has 0 bridgehead atoms. The van der Waals surface area contributed by atoms with E-state index in [2.05, 4.69) is 18.8 Å². The van der Waals surface area contributed by atoms with Crippen molar-refractivity contribution in [2.45, 2.75) is 20.3 Å². The molecule has 3 heteroatoms. The van der Waals surface area contributed by atoms with Crippen LogP contribution in [0.1, 0.15) is 20.3 Å². The molecule has 1 amide bonds. The van der Waals surface area contributed by atoms with Crippen molar-refractivity contribution in [2.24, 2.45) is 17.6 Å². The van der Waals surface area contributed by atoms with Gasteiger partial charge < -0.3 is 10.6 Å². The molecule has 0 aromatic carbocycles. The minimum absolute atomic E-state index is 0.0575. The maximum Gasteiger partial charge on any atom is 0.298 e. The van der Waals surface area contributed by atoms with E-state index < -0.39 is 0 Å². The zero-order valence-electron chi connectivity index (χ0n) is 8.92. The van der Waals surface area contributed by atoms with Crippen molar-refractivity contribution < 1.29 is 4.79 Å². The Hall–Kier alpha value is -1.01. The number of nitrogens with two attached hydrogens (primary N) is 1. The van der Waals surface area contributed by atoms with E-state index in [-0.39, 0.29) is 5.91 Å². The zero-order valence-corrected chi connectivity index (χ0v) is 8.92. The van der Waals surface area contributed by atoms with Crippen LogP contribution in [0.25, 0.3) is 0 Å². The van der Waals surface area contributed by atoms with Crippen molar-refractivity contribution in [3.05, 3.63) is 0 Å². The third-order valence-electron chi connectivity index (χ3n) is 2.94. The van der Waals surface area contributed by atoms with Gasteiger partial charge >= 0.3 is 0 Å². The molecule has 0 spiro atoms. The van der Waals surface area contributed by atoms with E-state index >= 15 is 0 Å². The Balaban J connectivity index is 2.57. The molecule has 1 rings (SSSR count). The van der Waals surface area contributed by atoms with Crippen LogP contribution >= 0.6 is 0 Å². The molecule has 2 unspecified atom stereocenters. The molecule has 0 radical (unpaired) electrons. The number of likely N-dealkylation sites (tertiary alicyclic amines) is 1. The van der Waals surface area contributed by atoms with Gasteiger partial charge in [-0.25, -0.2) is 0 Å². The molecular weight excluding hydrogens is 176 g/mol. The standard InChI is InChI=1S/C11H18N2O/c1-3-4-11(14)13-6-5-9(2)10(7-12)8-13/h9-10H,5-8,12H2,1-2H3. The number of carbonyl (C=O) groups excluding carboxylic acids is 1. The summed E-state index contributed by atoms with van der Waals surface area (Å²) in [6.45, 7) is 6.14. The largest absolute Gasteiger partial charge is 0.332 e. The van der Waals surface area contributed by atoms with Crippen molar-refractivity contribution in [2.75, 3.05) is 19.6 Å². The maximum absolute atomic E-state index is 11.5. The molecule has 0 aromatic rings. The second-order valence-corrected chi connectivity index (χ2v) is 3.89. The van der Waals surface area contributed by atoms with Gasteiger partial charge in [0.05, 0.1) is 0 Å². The molecule has 3 nitrogen and oxygen atoms in total. The highest BCUT2D eigenvalue weighted by molar-refractivity contribution is 5.93. The lowest BCUT2D eigenvalue weighted by atomic mass is 9.87. The van der Waals surface area contributed by atoms with E-state index in [1.165, 1.54) is 0 Å². The molecule has 1 saturated heterocycles. The summed E-state index contributed by atoms with van der Waals surface area (Å²) in [6, 6.07) is 0. The van der Waals surface area contributed by atoms with Gasteiger partial charge in [0.2, 0.25) is 0 Å². The second-order valence-electron chi connectivity index (χ2n) is 3.89. The number of nitrogens with zero attached hydrogens (tertiary/aromatic N) is 1. The average Bonchev–Trinajstić information content (AvgIpc) is 2.19. The van der Waals surface area contributed by atoms with Crippen LogP contribution in [0.15, 0.2) is 0 Å². The Bertz CT molecular complexity index is 264. The van der Waals surface area contributed by atoms with E-state index in [1.54, 1.807) is 6.92 Å². The molecule has 1 fully saturated rings. The highest BCUT2D eigenvalue weighted by Gasteiger charge is 2.26. The molecule has 2 atom stereocenters. The zero-order chi connectivity index (χ0) is 10.6. The number of hydrogen-bond acceptors (Lipinski definition) is 2. The van der Waals surface area contributed by atoms with Crippen molar-refractivity contribution in [3.63, 3.8) is 0 Å². The lowest BCUT2D eigenvalue weighted by Crippen LogP contribution is -2.45. The van der Waals surface area contributed by atoms with Crippen LogP contribution in [-0.2, 0) is 4.79 Å². The van der Waals surface area contributed by atoms with Gasteiger partial charge in [-0.15, -0.1) is 0 Å². The number of hydrogen-bond donors (Lipinski definition) is 1. The fourth-order valence-electron chi connectivity index (χ4n) is 1.83. The van der Waals surface area contributed by atoms with Gasteiger partial charge in [0, 0.05) is 13.1 Å². The molecule has 78 valence electrons. The molecule has 1 aliphatic rings. The average molecular weight is 194 g/mol. The van der Waals surface area contributed by atoms with Gasteiger partial charge in [-0.1, -0.05) is 12.8 Å². The first-order valence-corrected chi connectivity index (χ1v) is 5.10. The van der Waals surface area contributed by atoms with Crippen LogP contribution in [0, 0.1) is 23.7 Å². The maximum atomic E-state index is 11.5. The van der Waals surface area contributed by atoms with Crippen LogP contribution in [0.3, 0.4) is 0 Å². The fourth-order valence-corrected chi connectivity index (χ4v) is 1.83. The molecule has 2 N–H and O–H groups in total. The Morgan fingerprint density at radius 2 is 2.36 bits per heavy atom. The molecule has 0 saturated carbocycles. The van der Waals surface area contributed by atoms with Gasteiger partial charge in [-0.3, -0.25) is 4.79 Å². The van der Waals surface area contributed by atoms with Crippen LogP contribution in [0.5, 0.6) is 0 Å². The summed E-state index contributed by atoms with van der Waals surface area (Å²) >= 11 is 0. The quantitative estimate of drug-likeness (QED) is 0.616. The van der Waals surface area contributed by atoms with Gasteiger partial charge in [-0.2, -0.15) is 0 Å². The Morgan fingerprint density at radius 1 is 1.64 bits per heavy atom. The van der Waals surface area contributed by atoms with Gasteiger partial charge in [0.25, 0.3) is 5.91 Å². The summed E-state index contributed by atoms with van der Waals surface area (Å²) in [6.07, 6.45) is 1.04. The first kappa shape index (κ1) is 11.1. The predicted molar refractivity (Wildman–Crippen MR) is 56.4 cm³/mol. The van der Waals surface area contributed by atoms with E-state index in [4.69, 9.17) is 5.73 Å². The Kier molecular flexibility index (Phi) is 3.97. The molecule has 1 heterocycles. The number of rotatable bonds is 1. The third kappa shape index (κ3) is 2.49. The van der Waals surface area contributed by atoms with Crippen LogP contribution in [0.2, 0.25) is 0 Å². The smallest absolute Gasteiger partial charge is 0.298 e. The van der Waals surface area contributed by atoms with Crippen LogP contribution in [0.4, 0.5) is 0 Å². The van der Waals surface area contributed by atoms with E-state index in [9.17, 15) is 4.79 Å². The van der Waals surface area contributed by atoms with Gasteiger partial charge in [-0.05, 0) is 37.6 Å². The van der Waals surface area contributed by atoms with Gasteiger partial charge in [0.15, 0.2) is 0 Å². The SMILES string of the molecule is CC#CC(=O)N1CCC(C)C(CN)C1. The monoisotopic (exact) mass is 194 g/mol. The molecule has 0 aromatic heterocycles. The fraction of sp³-hybridized carbons (Fsp3) is 0.727. The minimum Gasteiger partial charge on any atom is -0.332 e. The topological polar surface area (TPSA) is 46.3 Å². The van der Waals surface area contributed by atoms with Crippen molar-refractivity contribution in [1.82, 2.24) is 4.90 Å². The summed E-state index contributed by atoms with van der Waals surface area (Å²) in [5, 5.41) is 0. The molecule has 14 heavy (non-hydrogen) atoms. The van der Waals surface area contributed by atoms with E-state index in [1.807, 2.05) is 4.90 Å². The van der Waals surface area contributed by atoms with E-state index in [0.29, 0.717) is 18.4 Å². The van der Waals surface area contributed by atoms with Crippen molar-refractivity contribution >= 4 is 5.91 Å². The first-order valence-electron chi connectivity index (χ1n) is 5.10. The lowest BCUT2D eigenvalue weighted by Gasteiger charge is -2.35. The Labute approximate surface area is 85.6 Å². The summed E-state index contributed by atoms with van der Waals surface area (Å²) in [5.74, 6) is 6.21. The van der Waals surface area contributed by atoms with Crippen LogP contribution < -0.4 is 5.73 Å². The number of carbonyl (C=O) groups is 1. The summed E-state index contributed by atoms with van der Waals surface area (Å²) < 4.78 is 0. The molecule has 1 aliphatic heterocycles. The van der Waals surface area contributed by atoms with Crippen LogP contribution in [-0.4, -0.2) is 30.4 Å². The summed E-state index contributed by atoms with van der Waals surface area (Å²) in [5.41, 5.74) is 5.66. The van der Waals surface area contributed by atoms with Gasteiger partial charge in [0.1, 0.15) is 0 Å². The minimum atomic E-state index is -0.0575. The number of amides is 1. The highest BCUT2D eigenvalue weighted by Crippen LogP contribution is 2.21. The predicted octanol–water partition coefficient (Wildman–Crippen LogP) is 0.453.